The van der Waals surface area contributed by atoms with Gasteiger partial charge in [0.15, 0.2) is 21.3 Å². The van der Waals surface area contributed by atoms with Crippen molar-refractivity contribution in [2.75, 3.05) is 19.4 Å². The molecule has 2 N–H and O–H groups in total. The van der Waals surface area contributed by atoms with Crippen molar-refractivity contribution < 1.29 is 59.4 Å². The van der Waals surface area contributed by atoms with Crippen LogP contribution in [0.15, 0.2) is 18.2 Å². The van der Waals surface area contributed by atoms with Gasteiger partial charge in [-0.25, -0.2) is 32.0 Å². The molecule has 0 spiro atoms. The number of hydrogen-bond acceptors (Lipinski definition) is 11. The van der Waals surface area contributed by atoms with Gasteiger partial charge in [0.2, 0.25) is 24.1 Å². The zero-order chi connectivity index (χ0) is 42.8. The van der Waals surface area contributed by atoms with Gasteiger partial charge in [0.05, 0.1) is 35.4 Å². The SMILES string of the molecule is CC[C@@H]1[C@@H]2CN(C(=O)[C@H](C(C)C)NC(=O)O[C@@H]3C[C@H]3CCCCC(F)(F)c3nc4ccc(OC)cc4nc3O2)[C@@H]1C(=O)N[C@]1(C(=O)CS(=O)(=O)C2(C)CC2)C[C@H]1C(F)F. The van der Waals surface area contributed by atoms with Crippen LogP contribution in [0.1, 0.15) is 91.2 Å². The molecule has 2 aliphatic heterocycles. The Kier molecular flexibility index (Phi) is 11.3. The molecule has 7 rings (SSSR count). The zero-order valence-corrected chi connectivity index (χ0v) is 34.5. The maximum Gasteiger partial charge on any atom is 0.408 e. The van der Waals surface area contributed by atoms with Crippen molar-refractivity contribution in [3.05, 3.63) is 23.9 Å². The van der Waals surface area contributed by atoms with Crippen LogP contribution in [0.4, 0.5) is 22.4 Å². The maximum absolute atomic E-state index is 16.3. The normalized spacial score (nSPS) is 31.5. The predicted octanol–water partition coefficient (Wildman–Crippen LogP) is 5.10. The van der Waals surface area contributed by atoms with Gasteiger partial charge in [-0.3, -0.25) is 14.4 Å². The lowest BCUT2D eigenvalue weighted by Crippen LogP contribution is -2.59. The monoisotopic (exact) mass is 853 g/mol. The number of alkyl halides is 4. The highest BCUT2D eigenvalue weighted by Crippen LogP contribution is 2.51. The molecular formula is C40H51F4N5O9S. The highest BCUT2D eigenvalue weighted by molar-refractivity contribution is 7.93. The molecular weight excluding hydrogens is 803 g/mol. The fourth-order valence-corrected chi connectivity index (χ4v) is 10.2. The van der Waals surface area contributed by atoms with E-state index in [0.717, 1.165) is 4.90 Å². The Morgan fingerprint density at radius 3 is 2.42 bits per heavy atom. The molecule has 3 aliphatic carbocycles. The van der Waals surface area contributed by atoms with Gasteiger partial charge in [0.1, 0.15) is 41.3 Å². The summed E-state index contributed by atoms with van der Waals surface area (Å²) in [5, 5.41) is 5.08. The first-order chi connectivity index (χ1) is 27.7. The van der Waals surface area contributed by atoms with Gasteiger partial charge in [0, 0.05) is 18.4 Å². The summed E-state index contributed by atoms with van der Waals surface area (Å²) in [6, 6.07) is 1.71. The van der Waals surface area contributed by atoms with Gasteiger partial charge in [-0.15, -0.1) is 0 Å². The largest absolute Gasteiger partial charge is 0.497 e. The van der Waals surface area contributed by atoms with E-state index in [1.54, 1.807) is 26.8 Å². The minimum absolute atomic E-state index is 0.0508. The zero-order valence-electron chi connectivity index (χ0n) is 33.6. The van der Waals surface area contributed by atoms with Crippen molar-refractivity contribution in [1.82, 2.24) is 25.5 Å². The van der Waals surface area contributed by atoms with E-state index in [9.17, 15) is 36.4 Å². The summed E-state index contributed by atoms with van der Waals surface area (Å²) in [7, 11) is -2.63. The number of ketones is 1. The van der Waals surface area contributed by atoms with E-state index in [4.69, 9.17) is 14.2 Å². The third-order valence-electron chi connectivity index (χ3n) is 12.9. The van der Waals surface area contributed by atoms with Crippen molar-refractivity contribution in [2.45, 2.75) is 132 Å². The number of aromatic nitrogens is 2. The van der Waals surface area contributed by atoms with Gasteiger partial charge in [-0.1, -0.05) is 27.2 Å². The van der Waals surface area contributed by atoms with Crippen LogP contribution >= 0.6 is 0 Å². The first-order valence-electron chi connectivity index (χ1n) is 20.3. The molecule has 14 nitrogen and oxygen atoms in total. The highest BCUT2D eigenvalue weighted by Gasteiger charge is 2.67. The van der Waals surface area contributed by atoms with Crippen LogP contribution in [0.5, 0.6) is 11.6 Å². The smallest absolute Gasteiger partial charge is 0.408 e. The minimum Gasteiger partial charge on any atom is -0.497 e. The van der Waals surface area contributed by atoms with Gasteiger partial charge < -0.3 is 29.7 Å². The van der Waals surface area contributed by atoms with Crippen molar-refractivity contribution in [1.29, 1.82) is 0 Å². The number of methoxy groups -OCH3 is 1. The molecule has 8 atom stereocenters. The average Bonchev–Trinajstić information content (AvgIpc) is 4.13. The average molecular weight is 854 g/mol. The van der Waals surface area contributed by atoms with E-state index < -0.39 is 135 Å². The van der Waals surface area contributed by atoms with E-state index in [1.165, 1.54) is 26.2 Å². The van der Waals surface area contributed by atoms with Crippen LogP contribution in [0.2, 0.25) is 0 Å². The molecule has 324 valence electrons. The summed E-state index contributed by atoms with van der Waals surface area (Å²) in [6.07, 6.45) is -4.54. The van der Waals surface area contributed by atoms with E-state index in [0.29, 0.717) is 37.9 Å². The van der Waals surface area contributed by atoms with Gasteiger partial charge in [-0.05, 0) is 75.8 Å². The molecule has 1 aromatic heterocycles. The predicted molar refractivity (Wildman–Crippen MR) is 204 cm³/mol. The van der Waals surface area contributed by atoms with Crippen LogP contribution in [-0.2, 0) is 34.9 Å². The van der Waals surface area contributed by atoms with E-state index >= 15 is 8.78 Å². The molecule has 0 radical (unpaired) electrons. The van der Waals surface area contributed by atoms with Crippen LogP contribution in [-0.4, -0.2) is 107 Å². The third-order valence-corrected chi connectivity index (χ3v) is 15.4. The standard InChI is InChI=1S/C40H51F4N5O9S/c1-6-23-28-18-49(31(23)34(51)48-39(17-24(39)33(41)42)29(50)19-59(54,55)38(4)13-14-38)36(52)30(20(2)3)47-37(53)58-27-15-21(27)9-7-8-12-40(43,44)32-35(57-28)46-26-16-22(56-5)10-11-25(26)45-32/h10-11,16,20-21,23-24,27-28,30-31,33H,6-9,12-15,17-19H2,1-5H3,(H,47,53)(H,48,51)/t21-,23-,24+,27-,28+,30+,31+,39-/m1/s1. The minimum atomic E-state index is -4.06. The molecule has 4 fully saturated rings. The fourth-order valence-electron chi connectivity index (χ4n) is 8.57. The summed E-state index contributed by atoms with van der Waals surface area (Å²) in [4.78, 5) is 66.0. The summed E-state index contributed by atoms with van der Waals surface area (Å²) < 4.78 is 104. The second-order valence-electron chi connectivity index (χ2n) is 17.4. The molecule has 5 aliphatic rings. The second kappa shape index (κ2) is 15.6. The van der Waals surface area contributed by atoms with Crippen LogP contribution in [0.3, 0.4) is 0 Å². The number of sulfone groups is 1. The Labute approximate surface area is 339 Å². The number of alkyl carbamates (subject to hydrolysis) is 1. The quantitative estimate of drug-likeness (QED) is 0.303. The molecule has 19 heteroatoms. The van der Waals surface area contributed by atoms with Crippen LogP contribution < -0.4 is 20.1 Å². The van der Waals surface area contributed by atoms with Crippen molar-refractivity contribution in [3.8, 4) is 11.6 Å². The highest BCUT2D eigenvalue weighted by atomic mass is 32.2. The van der Waals surface area contributed by atoms with E-state index in [-0.39, 0.29) is 29.8 Å². The molecule has 3 heterocycles. The number of carbonyl (C=O) groups excluding carboxylic acids is 4. The van der Waals surface area contributed by atoms with Gasteiger partial charge in [-0.2, -0.15) is 8.78 Å². The number of halogens is 4. The Balaban J connectivity index is 1.29. The molecule has 3 amide bonds. The van der Waals surface area contributed by atoms with Crippen molar-refractivity contribution >= 4 is 44.6 Å². The molecule has 59 heavy (non-hydrogen) atoms. The first-order valence-corrected chi connectivity index (χ1v) is 21.9. The van der Waals surface area contributed by atoms with Crippen LogP contribution in [0.25, 0.3) is 11.0 Å². The Morgan fingerprint density at radius 2 is 1.80 bits per heavy atom. The van der Waals surface area contributed by atoms with Gasteiger partial charge >= 0.3 is 6.09 Å². The first kappa shape index (κ1) is 42.8. The van der Waals surface area contributed by atoms with E-state index in [1.807, 2.05) is 0 Å². The van der Waals surface area contributed by atoms with E-state index in [2.05, 4.69) is 20.6 Å². The number of Topliss-reactive ketones (excluding diaryl/α,β-unsaturated/α-hetero) is 1. The summed E-state index contributed by atoms with van der Waals surface area (Å²) >= 11 is 0. The number of hydrogen-bond donors (Lipinski definition) is 2. The maximum atomic E-state index is 16.3. The Morgan fingerprint density at radius 1 is 1.07 bits per heavy atom. The lowest BCUT2D eigenvalue weighted by atomic mass is 9.93. The number of amides is 3. The molecule has 1 saturated heterocycles. The second-order valence-corrected chi connectivity index (χ2v) is 19.9. The topological polar surface area (TPSA) is 183 Å². The fraction of sp³-hybridized carbons (Fsp3) is 0.700. The van der Waals surface area contributed by atoms with Crippen molar-refractivity contribution in [2.24, 2.45) is 23.7 Å². The van der Waals surface area contributed by atoms with Gasteiger partial charge in [0.25, 0.3) is 5.92 Å². The Bertz CT molecular complexity index is 2120. The lowest BCUT2D eigenvalue weighted by Gasteiger charge is -2.32. The van der Waals surface area contributed by atoms with Crippen LogP contribution in [0, 0.1) is 23.7 Å². The number of rotatable bonds is 10. The lowest BCUT2D eigenvalue weighted by molar-refractivity contribution is -0.142. The number of fused-ring (bicyclic) bond motifs is 5. The molecule has 2 aromatic rings. The molecule has 2 bridgehead atoms. The summed E-state index contributed by atoms with van der Waals surface area (Å²) in [5.41, 5.74) is -2.68. The van der Waals surface area contributed by atoms with Crippen molar-refractivity contribution in [3.63, 3.8) is 0 Å². The molecule has 1 aromatic carbocycles. The summed E-state index contributed by atoms with van der Waals surface area (Å²) in [6.45, 7) is 6.03. The number of nitrogens with zero attached hydrogens (tertiary/aromatic N) is 3. The third kappa shape index (κ3) is 8.28. The number of carbonyl (C=O) groups is 4. The number of benzene rings is 1. The molecule has 0 unspecified atom stereocenters. The number of nitrogens with one attached hydrogen (secondary N) is 2. The number of ether oxygens (including phenoxy) is 3. The summed E-state index contributed by atoms with van der Waals surface area (Å²) in [5.74, 6) is -11.0. The molecule has 3 saturated carbocycles. The Hall–Kier alpha value is -4.29.